The van der Waals surface area contributed by atoms with Crippen molar-refractivity contribution in [2.45, 2.75) is 18.9 Å². The molecule has 7 heteroatoms. The van der Waals surface area contributed by atoms with E-state index in [0.717, 1.165) is 24.0 Å². The van der Waals surface area contributed by atoms with E-state index in [-0.39, 0.29) is 30.3 Å². The van der Waals surface area contributed by atoms with E-state index in [1.54, 1.807) is 35.2 Å². The van der Waals surface area contributed by atoms with Gasteiger partial charge in [-0.25, -0.2) is 4.39 Å². The van der Waals surface area contributed by atoms with Crippen molar-refractivity contribution in [3.63, 3.8) is 0 Å². The first-order valence-electron chi connectivity index (χ1n) is 9.12. The number of benzene rings is 2. The van der Waals surface area contributed by atoms with Gasteiger partial charge in [0.05, 0.1) is 6.04 Å². The molecule has 5 rings (SSSR count). The Morgan fingerprint density at radius 3 is 2.75 bits per heavy atom. The summed E-state index contributed by atoms with van der Waals surface area (Å²) in [6.45, 7) is 0.825. The van der Waals surface area contributed by atoms with E-state index >= 15 is 0 Å². The summed E-state index contributed by atoms with van der Waals surface area (Å²) in [6, 6.07) is 13.3. The number of amides is 1. The summed E-state index contributed by atoms with van der Waals surface area (Å²) in [5, 5.41) is 3.97. The summed E-state index contributed by atoms with van der Waals surface area (Å²) in [5.41, 5.74) is 1.93. The molecule has 3 aromatic rings. The minimum absolute atomic E-state index is 0.0845. The van der Waals surface area contributed by atoms with Gasteiger partial charge < -0.3 is 18.9 Å². The number of nitrogens with zero attached hydrogens (tertiary/aromatic N) is 2. The van der Waals surface area contributed by atoms with E-state index in [1.807, 2.05) is 6.07 Å². The topological polar surface area (TPSA) is 64.8 Å². The van der Waals surface area contributed by atoms with Crippen LogP contribution in [0.3, 0.4) is 0 Å². The van der Waals surface area contributed by atoms with Gasteiger partial charge in [0.2, 0.25) is 6.79 Å². The Hall–Kier alpha value is -3.35. The van der Waals surface area contributed by atoms with Crippen LogP contribution in [0.25, 0.3) is 11.3 Å². The average Bonchev–Trinajstić information content (AvgIpc) is 3.47. The van der Waals surface area contributed by atoms with Crippen LogP contribution in [0.1, 0.15) is 34.9 Å². The highest BCUT2D eigenvalue weighted by Crippen LogP contribution is 2.37. The first-order chi connectivity index (χ1) is 13.7. The lowest BCUT2D eigenvalue weighted by Gasteiger charge is -2.24. The molecule has 1 amide bonds. The fourth-order valence-corrected chi connectivity index (χ4v) is 3.75. The summed E-state index contributed by atoms with van der Waals surface area (Å²) in [4.78, 5) is 14.8. The maximum absolute atomic E-state index is 13.2. The van der Waals surface area contributed by atoms with E-state index in [0.29, 0.717) is 23.8 Å². The zero-order chi connectivity index (χ0) is 19.1. The Morgan fingerprint density at radius 2 is 1.89 bits per heavy atom. The highest BCUT2D eigenvalue weighted by atomic mass is 19.1. The van der Waals surface area contributed by atoms with Crippen molar-refractivity contribution in [3.05, 3.63) is 65.6 Å². The maximum atomic E-state index is 13.2. The largest absolute Gasteiger partial charge is 0.454 e. The molecule has 142 valence electrons. The average molecular weight is 380 g/mol. The third kappa shape index (κ3) is 2.89. The first kappa shape index (κ1) is 16.8. The molecular weight excluding hydrogens is 363 g/mol. The second kappa shape index (κ2) is 6.67. The van der Waals surface area contributed by atoms with E-state index < -0.39 is 0 Å². The van der Waals surface area contributed by atoms with Gasteiger partial charge in [-0.1, -0.05) is 17.3 Å². The van der Waals surface area contributed by atoms with Gasteiger partial charge >= 0.3 is 0 Å². The second-order valence-electron chi connectivity index (χ2n) is 6.85. The van der Waals surface area contributed by atoms with E-state index in [4.69, 9.17) is 14.0 Å². The Balaban J connectivity index is 1.39. The number of hydrogen-bond donors (Lipinski definition) is 0. The molecule has 1 fully saturated rings. The molecule has 0 radical (unpaired) electrons. The number of carbonyl (C=O) groups is 1. The molecule has 0 saturated carbocycles. The number of halogens is 1. The van der Waals surface area contributed by atoms with E-state index in [2.05, 4.69) is 5.16 Å². The van der Waals surface area contributed by atoms with Crippen LogP contribution in [0.2, 0.25) is 0 Å². The van der Waals surface area contributed by atoms with Crippen molar-refractivity contribution >= 4 is 5.91 Å². The third-order valence-electron chi connectivity index (χ3n) is 5.15. The fourth-order valence-electron chi connectivity index (χ4n) is 3.75. The normalized spacial score (nSPS) is 17.9. The van der Waals surface area contributed by atoms with Gasteiger partial charge in [0.1, 0.15) is 5.82 Å². The molecule has 1 atom stereocenters. The number of likely N-dealkylation sites (tertiary alicyclic amines) is 1. The summed E-state index contributed by atoms with van der Waals surface area (Å²) in [6.07, 6.45) is 1.73. The predicted molar refractivity (Wildman–Crippen MR) is 97.5 cm³/mol. The van der Waals surface area contributed by atoms with Crippen molar-refractivity contribution in [2.24, 2.45) is 0 Å². The van der Waals surface area contributed by atoms with Crippen LogP contribution in [0.4, 0.5) is 4.39 Å². The number of hydrogen-bond acceptors (Lipinski definition) is 5. The molecular formula is C21H17FN2O4. The molecule has 2 aromatic carbocycles. The molecule has 0 aliphatic carbocycles. The highest BCUT2D eigenvalue weighted by Gasteiger charge is 2.32. The number of carbonyl (C=O) groups excluding carboxylic acids is 1. The van der Waals surface area contributed by atoms with Crippen molar-refractivity contribution in [1.82, 2.24) is 10.1 Å². The molecule has 0 N–H and O–H groups in total. The zero-order valence-corrected chi connectivity index (χ0v) is 14.9. The number of rotatable bonds is 3. The second-order valence-corrected chi connectivity index (χ2v) is 6.85. The van der Waals surface area contributed by atoms with Crippen LogP contribution in [-0.2, 0) is 0 Å². The van der Waals surface area contributed by atoms with Crippen molar-refractivity contribution in [3.8, 4) is 22.8 Å². The quantitative estimate of drug-likeness (QED) is 0.682. The van der Waals surface area contributed by atoms with Crippen LogP contribution in [0.5, 0.6) is 11.5 Å². The lowest BCUT2D eigenvalue weighted by atomic mass is 10.0. The molecule has 1 aromatic heterocycles. The van der Waals surface area contributed by atoms with Crippen molar-refractivity contribution in [2.75, 3.05) is 13.3 Å². The Morgan fingerprint density at radius 1 is 1.07 bits per heavy atom. The standard InChI is InChI=1S/C21H17FN2O4/c22-15-6-3-13(4-7-15)17-2-1-9-24(17)21(25)16-11-19(28-23-16)14-5-8-18-20(10-14)27-12-26-18/h3-8,10-11,17H,1-2,9,12H2. The molecule has 0 bridgehead atoms. The number of ether oxygens (including phenoxy) is 2. The van der Waals surface area contributed by atoms with Crippen LogP contribution in [-0.4, -0.2) is 29.3 Å². The summed E-state index contributed by atoms with van der Waals surface area (Å²) in [7, 11) is 0. The Labute approximate surface area is 160 Å². The van der Waals surface area contributed by atoms with E-state index in [1.165, 1.54) is 12.1 Å². The van der Waals surface area contributed by atoms with Gasteiger partial charge in [-0.2, -0.15) is 0 Å². The van der Waals surface area contributed by atoms with Gasteiger partial charge in [0.15, 0.2) is 23.0 Å². The SMILES string of the molecule is O=C(c1cc(-c2ccc3c(c2)OCO3)on1)N1CCCC1c1ccc(F)cc1. The van der Waals surface area contributed by atoms with Crippen LogP contribution < -0.4 is 9.47 Å². The van der Waals surface area contributed by atoms with Gasteiger partial charge in [-0.3, -0.25) is 4.79 Å². The summed E-state index contributed by atoms with van der Waals surface area (Å²) in [5.74, 6) is 1.32. The van der Waals surface area contributed by atoms with Crippen LogP contribution >= 0.6 is 0 Å². The minimum atomic E-state index is -0.288. The lowest BCUT2D eigenvalue weighted by molar-refractivity contribution is 0.0725. The minimum Gasteiger partial charge on any atom is -0.454 e. The molecule has 1 unspecified atom stereocenters. The summed E-state index contributed by atoms with van der Waals surface area (Å²) < 4.78 is 29.3. The molecule has 1 saturated heterocycles. The van der Waals surface area contributed by atoms with Gasteiger partial charge in [0.25, 0.3) is 5.91 Å². The fraction of sp³-hybridized carbons (Fsp3) is 0.238. The molecule has 3 heterocycles. The van der Waals surface area contributed by atoms with Crippen molar-refractivity contribution < 1.29 is 23.2 Å². The molecule has 2 aliphatic heterocycles. The van der Waals surface area contributed by atoms with Gasteiger partial charge in [-0.05, 0) is 48.7 Å². The third-order valence-corrected chi connectivity index (χ3v) is 5.15. The number of aromatic nitrogens is 1. The highest BCUT2D eigenvalue weighted by molar-refractivity contribution is 5.93. The van der Waals surface area contributed by atoms with Crippen molar-refractivity contribution in [1.29, 1.82) is 0 Å². The Bertz CT molecular complexity index is 1030. The van der Waals surface area contributed by atoms with Gasteiger partial charge in [-0.15, -0.1) is 0 Å². The van der Waals surface area contributed by atoms with Crippen LogP contribution in [0, 0.1) is 5.82 Å². The lowest BCUT2D eigenvalue weighted by Crippen LogP contribution is -2.30. The summed E-state index contributed by atoms with van der Waals surface area (Å²) >= 11 is 0. The predicted octanol–water partition coefficient (Wildman–Crippen LogP) is 4.19. The molecule has 28 heavy (non-hydrogen) atoms. The zero-order valence-electron chi connectivity index (χ0n) is 14.9. The van der Waals surface area contributed by atoms with Gasteiger partial charge in [0, 0.05) is 18.2 Å². The first-order valence-corrected chi connectivity index (χ1v) is 9.12. The molecule has 2 aliphatic rings. The maximum Gasteiger partial charge on any atom is 0.276 e. The molecule has 0 spiro atoms. The molecule has 6 nitrogen and oxygen atoms in total. The number of fused-ring (bicyclic) bond motifs is 1. The monoisotopic (exact) mass is 380 g/mol. The smallest absolute Gasteiger partial charge is 0.276 e. The van der Waals surface area contributed by atoms with E-state index in [9.17, 15) is 9.18 Å². The Kier molecular flexibility index (Phi) is 4.00. The van der Waals surface area contributed by atoms with Crippen LogP contribution in [0.15, 0.2) is 53.1 Å².